The van der Waals surface area contributed by atoms with Crippen molar-refractivity contribution in [1.29, 1.82) is 5.26 Å². The fraction of sp³-hybridized carbons (Fsp3) is 0.333. The van der Waals surface area contributed by atoms with E-state index in [1.165, 1.54) is 0 Å². The summed E-state index contributed by atoms with van der Waals surface area (Å²) in [6, 6.07) is 8.88. The normalized spacial score (nSPS) is 11.5. The Bertz CT molecular complexity index is 351. The molecular formula is C12H13NO2. The van der Waals surface area contributed by atoms with Gasteiger partial charge in [0.2, 0.25) is 0 Å². The van der Waals surface area contributed by atoms with Crippen molar-refractivity contribution >= 4 is 6.29 Å². The predicted molar refractivity (Wildman–Crippen MR) is 56.5 cm³/mol. The Morgan fingerprint density at radius 3 is 2.60 bits per heavy atom. The third-order valence-corrected chi connectivity index (χ3v) is 2.16. The molecule has 1 unspecified atom stereocenters. The minimum Gasteiger partial charge on any atom is -0.493 e. The maximum atomic E-state index is 10.5. The number of nitriles is 1. The van der Waals surface area contributed by atoms with Crippen LogP contribution in [0.3, 0.4) is 0 Å². The molecule has 3 heteroatoms. The molecule has 0 N–H and O–H groups in total. The maximum Gasteiger partial charge on any atom is 0.126 e. The van der Waals surface area contributed by atoms with Gasteiger partial charge in [-0.05, 0) is 30.7 Å². The molecule has 0 saturated heterocycles. The number of carbonyl (C=O) groups excluding carboxylic acids is 1. The number of benzene rings is 1. The Labute approximate surface area is 89.3 Å². The Morgan fingerprint density at radius 1 is 1.47 bits per heavy atom. The Hall–Kier alpha value is -1.82. The van der Waals surface area contributed by atoms with Gasteiger partial charge in [0.05, 0.1) is 18.2 Å². The van der Waals surface area contributed by atoms with Gasteiger partial charge >= 0.3 is 0 Å². The lowest BCUT2D eigenvalue weighted by Crippen LogP contribution is -2.12. The van der Waals surface area contributed by atoms with E-state index in [9.17, 15) is 4.79 Å². The first-order chi connectivity index (χ1) is 7.30. The molecular weight excluding hydrogens is 190 g/mol. The van der Waals surface area contributed by atoms with Gasteiger partial charge in [0.1, 0.15) is 12.0 Å². The van der Waals surface area contributed by atoms with Crippen molar-refractivity contribution in [2.75, 3.05) is 6.61 Å². The number of hydrogen-bond donors (Lipinski definition) is 0. The molecule has 0 saturated carbocycles. The van der Waals surface area contributed by atoms with Crippen LogP contribution in [0.1, 0.15) is 18.9 Å². The van der Waals surface area contributed by atoms with E-state index in [2.05, 4.69) is 0 Å². The van der Waals surface area contributed by atoms with Crippen molar-refractivity contribution in [3.8, 4) is 11.8 Å². The van der Waals surface area contributed by atoms with Crippen molar-refractivity contribution in [3.63, 3.8) is 0 Å². The quantitative estimate of drug-likeness (QED) is 0.689. The molecule has 78 valence electrons. The van der Waals surface area contributed by atoms with Gasteiger partial charge in [-0.25, -0.2) is 0 Å². The summed E-state index contributed by atoms with van der Waals surface area (Å²) in [7, 11) is 0. The molecule has 1 atom stereocenters. The van der Waals surface area contributed by atoms with Gasteiger partial charge in [-0.2, -0.15) is 5.26 Å². The van der Waals surface area contributed by atoms with E-state index >= 15 is 0 Å². The number of ether oxygens (including phenoxy) is 1. The van der Waals surface area contributed by atoms with E-state index in [1.807, 2.05) is 13.0 Å². The second kappa shape index (κ2) is 5.82. The largest absolute Gasteiger partial charge is 0.493 e. The van der Waals surface area contributed by atoms with Crippen molar-refractivity contribution in [3.05, 3.63) is 29.8 Å². The highest BCUT2D eigenvalue weighted by atomic mass is 16.5. The lowest BCUT2D eigenvalue weighted by Gasteiger charge is -2.09. The van der Waals surface area contributed by atoms with E-state index in [0.717, 1.165) is 12.7 Å². The molecule has 0 aromatic heterocycles. The monoisotopic (exact) mass is 203 g/mol. The van der Waals surface area contributed by atoms with Gasteiger partial charge in [-0.1, -0.05) is 6.92 Å². The molecule has 0 aliphatic heterocycles. The molecule has 1 aromatic rings. The zero-order valence-electron chi connectivity index (χ0n) is 8.64. The zero-order valence-corrected chi connectivity index (χ0v) is 8.64. The smallest absolute Gasteiger partial charge is 0.126 e. The second-order valence-corrected chi connectivity index (χ2v) is 3.25. The van der Waals surface area contributed by atoms with Crippen LogP contribution in [0.4, 0.5) is 0 Å². The molecule has 0 aliphatic carbocycles. The molecule has 0 radical (unpaired) electrons. The Morgan fingerprint density at radius 2 is 2.13 bits per heavy atom. The molecule has 0 bridgehead atoms. The van der Waals surface area contributed by atoms with E-state index in [0.29, 0.717) is 17.9 Å². The summed E-state index contributed by atoms with van der Waals surface area (Å²) in [5.74, 6) is 0.634. The summed E-state index contributed by atoms with van der Waals surface area (Å²) in [5, 5.41) is 8.59. The second-order valence-electron chi connectivity index (χ2n) is 3.25. The molecule has 0 fully saturated rings. The topological polar surface area (TPSA) is 50.1 Å². The van der Waals surface area contributed by atoms with Crippen molar-refractivity contribution in [1.82, 2.24) is 0 Å². The SMILES string of the molecule is CCC(C=O)COc1ccc(C#N)cc1. The molecule has 1 aromatic carbocycles. The van der Waals surface area contributed by atoms with E-state index in [4.69, 9.17) is 10.00 Å². The fourth-order valence-corrected chi connectivity index (χ4v) is 1.08. The van der Waals surface area contributed by atoms with Crippen LogP contribution in [0.25, 0.3) is 0 Å². The standard InChI is InChI=1S/C12H13NO2/c1-2-10(8-14)9-15-12-5-3-11(7-13)4-6-12/h3-6,8,10H,2,9H2,1H3. The Balaban J connectivity index is 2.51. The Kier molecular flexibility index (Phi) is 4.36. The highest BCUT2D eigenvalue weighted by molar-refractivity contribution is 5.53. The molecule has 15 heavy (non-hydrogen) atoms. The van der Waals surface area contributed by atoms with Crippen LogP contribution in [-0.2, 0) is 4.79 Å². The molecule has 0 amide bonds. The summed E-state index contributed by atoms with van der Waals surface area (Å²) in [4.78, 5) is 10.5. The van der Waals surface area contributed by atoms with E-state index in [-0.39, 0.29) is 5.92 Å². The van der Waals surface area contributed by atoms with Gasteiger partial charge in [-0.15, -0.1) is 0 Å². The summed E-state index contributed by atoms with van der Waals surface area (Å²) >= 11 is 0. The third kappa shape index (κ3) is 3.43. The minimum atomic E-state index is -0.0550. The first kappa shape index (κ1) is 11.3. The summed E-state index contributed by atoms with van der Waals surface area (Å²) < 4.78 is 5.41. The van der Waals surface area contributed by atoms with Crippen LogP contribution in [0.2, 0.25) is 0 Å². The van der Waals surface area contributed by atoms with Crippen LogP contribution in [-0.4, -0.2) is 12.9 Å². The lowest BCUT2D eigenvalue weighted by atomic mass is 10.1. The van der Waals surface area contributed by atoms with Crippen molar-refractivity contribution in [2.45, 2.75) is 13.3 Å². The average molecular weight is 203 g/mol. The van der Waals surface area contributed by atoms with Gasteiger partial charge in [0, 0.05) is 5.92 Å². The van der Waals surface area contributed by atoms with Crippen molar-refractivity contribution in [2.24, 2.45) is 5.92 Å². The number of nitrogens with zero attached hydrogens (tertiary/aromatic N) is 1. The van der Waals surface area contributed by atoms with Crippen LogP contribution >= 0.6 is 0 Å². The highest BCUT2D eigenvalue weighted by Crippen LogP contribution is 2.13. The van der Waals surface area contributed by atoms with Crippen LogP contribution in [0.5, 0.6) is 5.75 Å². The van der Waals surface area contributed by atoms with Gasteiger partial charge < -0.3 is 9.53 Å². The first-order valence-corrected chi connectivity index (χ1v) is 4.88. The van der Waals surface area contributed by atoms with Crippen LogP contribution in [0.15, 0.2) is 24.3 Å². The predicted octanol–water partition coefficient (Wildman–Crippen LogP) is 2.16. The van der Waals surface area contributed by atoms with E-state index < -0.39 is 0 Å². The van der Waals surface area contributed by atoms with Gasteiger partial charge in [-0.3, -0.25) is 0 Å². The van der Waals surface area contributed by atoms with Gasteiger partial charge in [0.15, 0.2) is 0 Å². The minimum absolute atomic E-state index is 0.0550. The van der Waals surface area contributed by atoms with Crippen molar-refractivity contribution < 1.29 is 9.53 Å². The van der Waals surface area contributed by atoms with Crippen LogP contribution < -0.4 is 4.74 Å². The number of carbonyl (C=O) groups is 1. The third-order valence-electron chi connectivity index (χ3n) is 2.16. The summed E-state index contributed by atoms with van der Waals surface area (Å²) in [5.41, 5.74) is 0.602. The molecule has 0 spiro atoms. The zero-order chi connectivity index (χ0) is 11.1. The molecule has 3 nitrogen and oxygen atoms in total. The number of hydrogen-bond acceptors (Lipinski definition) is 3. The lowest BCUT2D eigenvalue weighted by molar-refractivity contribution is -0.111. The maximum absolute atomic E-state index is 10.5. The average Bonchev–Trinajstić information content (AvgIpc) is 2.31. The number of aldehydes is 1. The first-order valence-electron chi connectivity index (χ1n) is 4.88. The van der Waals surface area contributed by atoms with E-state index in [1.54, 1.807) is 24.3 Å². The molecule has 0 aliphatic rings. The number of rotatable bonds is 5. The van der Waals surface area contributed by atoms with Crippen LogP contribution in [0, 0.1) is 17.2 Å². The summed E-state index contributed by atoms with van der Waals surface area (Å²) in [6.45, 7) is 2.34. The highest BCUT2D eigenvalue weighted by Gasteiger charge is 2.04. The molecule has 1 rings (SSSR count). The summed E-state index contributed by atoms with van der Waals surface area (Å²) in [6.07, 6.45) is 1.68. The fourth-order valence-electron chi connectivity index (χ4n) is 1.08. The van der Waals surface area contributed by atoms with Gasteiger partial charge in [0.25, 0.3) is 0 Å². The molecule has 0 heterocycles.